The third-order valence-corrected chi connectivity index (χ3v) is 6.91. The largest absolute Gasteiger partial charge is 0.456 e. The van der Waals surface area contributed by atoms with E-state index in [2.05, 4.69) is 15.0 Å². The number of anilines is 1. The fourth-order valence-electron chi connectivity index (χ4n) is 3.80. The van der Waals surface area contributed by atoms with Gasteiger partial charge in [0.2, 0.25) is 5.91 Å². The number of hydrogen-bond donors (Lipinski definition) is 2. The molecule has 1 aromatic carbocycles. The number of furan rings is 1. The topological polar surface area (TPSA) is 124 Å². The van der Waals surface area contributed by atoms with Crippen LogP contribution in [-0.2, 0) is 14.8 Å². The number of piperazine rings is 1. The summed E-state index contributed by atoms with van der Waals surface area (Å²) in [5, 5.41) is 2.76. The predicted octanol–water partition coefficient (Wildman–Crippen LogP) is 1.46. The summed E-state index contributed by atoms with van der Waals surface area (Å²) in [5.74, 6) is 1.07. The second kappa shape index (κ2) is 9.75. The number of sulfonamides is 1. The quantitative estimate of drug-likeness (QED) is 0.655. The molecule has 2 amide bonds. The van der Waals surface area contributed by atoms with Crippen LogP contribution in [0.5, 0.6) is 0 Å². The molecule has 2 aliphatic heterocycles. The molecule has 11 heteroatoms. The molecule has 33 heavy (non-hydrogen) atoms. The van der Waals surface area contributed by atoms with Crippen molar-refractivity contribution in [3.63, 3.8) is 0 Å². The summed E-state index contributed by atoms with van der Waals surface area (Å²) in [6.45, 7) is 4.66. The lowest BCUT2D eigenvalue weighted by atomic mass is 10.2. The fourth-order valence-corrected chi connectivity index (χ4v) is 4.93. The molecule has 1 saturated heterocycles. The summed E-state index contributed by atoms with van der Waals surface area (Å²) in [5.41, 5.74) is 0.401. The zero-order chi connectivity index (χ0) is 23.4. The molecular formula is C22H27N5O5S. The van der Waals surface area contributed by atoms with Gasteiger partial charge in [-0.05, 0) is 43.7 Å². The molecule has 3 heterocycles. The van der Waals surface area contributed by atoms with Gasteiger partial charge in [0.25, 0.3) is 15.9 Å². The maximum absolute atomic E-state index is 12.6. The zero-order valence-corrected chi connectivity index (χ0v) is 19.2. The number of benzene rings is 1. The molecule has 0 bridgehead atoms. The van der Waals surface area contributed by atoms with E-state index in [9.17, 15) is 18.0 Å². The van der Waals surface area contributed by atoms with Crippen LogP contribution in [0, 0.1) is 6.92 Å². The Morgan fingerprint density at radius 2 is 1.91 bits per heavy atom. The van der Waals surface area contributed by atoms with Gasteiger partial charge in [0.1, 0.15) is 11.6 Å². The van der Waals surface area contributed by atoms with E-state index in [1.807, 2.05) is 4.90 Å². The average molecular weight is 474 g/mol. The highest BCUT2D eigenvalue weighted by Crippen LogP contribution is 2.17. The Labute approximate surface area is 192 Å². The molecule has 1 fully saturated rings. The van der Waals surface area contributed by atoms with Crippen molar-refractivity contribution in [1.29, 1.82) is 0 Å². The first-order chi connectivity index (χ1) is 15.8. The first-order valence-corrected chi connectivity index (χ1v) is 12.3. The minimum absolute atomic E-state index is 0.0650. The van der Waals surface area contributed by atoms with Crippen LogP contribution in [0.1, 0.15) is 29.2 Å². The number of hydrogen-bond acceptors (Lipinski definition) is 7. The van der Waals surface area contributed by atoms with Crippen LogP contribution in [0.3, 0.4) is 0 Å². The van der Waals surface area contributed by atoms with E-state index in [1.165, 1.54) is 12.1 Å². The van der Waals surface area contributed by atoms with Gasteiger partial charge in [-0.3, -0.25) is 24.2 Å². The van der Waals surface area contributed by atoms with E-state index in [4.69, 9.17) is 4.42 Å². The van der Waals surface area contributed by atoms with Gasteiger partial charge in [0, 0.05) is 44.8 Å². The lowest BCUT2D eigenvalue weighted by Crippen LogP contribution is -2.50. The summed E-state index contributed by atoms with van der Waals surface area (Å²) in [6, 6.07) is 9.56. The summed E-state index contributed by atoms with van der Waals surface area (Å²) in [7, 11) is -3.75. The smallest absolute Gasteiger partial charge is 0.289 e. The molecular weight excluding hydrogens is 446 g/mol. The molecule has 2 N–H and O–H groups in total. The zero-order valence-electron chi connectivity index (χ0n) is 18.4. The van der Waals surface area contributed by atoms with Gasteiger partial charge in [0.15, 0.2) is 5.76 Å². The van der Waals surface area contributed by atoms with Crippen molar-refractivity contribution in [3.8, 4) is 0 Å². The molecule has 10 nitrogen and oxygen atoms in total. The summed E-state index contributed by atoms with van der Waals surface area (Å²) in [6.07, 6.45) is 1.44. The van der Waals surface area contributed by atoms with Crippen LogP contribution >= 0.6 is 0 Å². The maximum Gasteiger partial charge on any atom is 0.289 e. The Balaban J connectivity index is 1.29. The summed E-state index contributed by atoms with van der Waals surface area (Å²) in [4.78, 5) is 32.9. The number of amides is 2. The Kier molecular flexibility index (Phi) is 6.80. The van der Waals surface area contributed by atoms with Crippen molar-refractivity contribution in [2.45, 2.75) is 24.7 Å². The highest BCUT2D eigenvalue weighted by atomic mass is 32.2. The number of rotatable bonds is 6. The minimum atomic E-state index is -3.75. The molecule has 0 spiro atoms. The van der Waals surface area contributed by atoms with E-state index >= 15 is 0 Å². The van der Waals surface area contributed by atoms with Gasteiger partial charge in [0.05, 0.1) is 11.4 Å². The molecule has 176 valence electrons. The van der Waals surface area contributed by atoms with Crippen LogP contribution in [0.25, 0.3) is 0 Å². The summed E-state index contributed by atoms with van der Waals surface area (Å²) < 4.78 is 33.1. The van der Waals surface area contributed by atoms with Crippen LogP contribution in [0.2, 0.25) is 0 Å². The van der Waals surface area contributed by atoms with E-state index < -0.39 is 10.0 Å². The fraction of sp³-hybridized carbons (Fsp3) is 0.409. The predicted molar refractivity (Wildman–Crippen MR) is 123 cm³/mol. The van der Waals surface area contributed by atoms with E-state index in [1.54, 1.807) is 36.1 Å². The monoisotopic (exact) mass is 473 g/mol. The maximum atomic E-state index is 12.6. The van der Waals surface area contributed by atoms with Crippen molar-refractivity contribution in [2.24, 2.45) is 4.99 Å². The Bertz CT molecular complexity index is 1170. The first-order valence-electron chi connectivity index (χ1n) is 10.8. The minimum Gasteiger partial charge on any atom is -0.456 e. The Hall–Kier alpha value is -3.18. The van der Waals surface area contributed by atoms with Gasteiger partial charge in [-0.15, -0.1) is 0 Å². The summed E-state index contributed by atoms with van der Waals surface area (Å²) >= 11 is 0. The van der Waals surface area contributed by atoms with Gasteiger partial charge in [-0.1, -0.05) is 6.07 Å². The van der Waals surface area contributed by atoms with Gasteiger partial charge in [-0.25, -0.2) is 8.42 Å². The number of amidine groups is 1. The average Bonchev–Trinajstić information content (AvgIpc) is 3.45. The highest BCUT2D eigenvalue weighted by molar-refractivity contribution is 7.90. The van der Waals surface area contributed by atoms with Crippen LogP contribution in [-0.4, -0.2) is 75.1 Å². The second-order valence-electron chi connectivity index (χ2n) is 8.09. The molecule has 0 saturated carbocycles. The molecule has 4 rings (SSSR count). The number of nitrogens with one attached hydrogen (secondary N) is 2. The van der Waals surface area contributed by atoms with Gasteiger partial charge in [-0.2, -0.15) is 0 Å². The SMILES string of the molecule is Cc1ccc(C(=O)N2CCN(CC(=O)Nc3cccc(S(=O)(=O)NC4=NCCC4)c3)CC2)o1. The number of carbonyl (C=O) groups excluding carboxylic acids is 2. The van der Waals surface area contributed by atoms with Gasteiger partial charge >= 0.3 is 0 Å². The van der Waals surface area contributed by atoms with Crippen LogP contribution in [0.4, 0.5) is 5.69 Å². The van der Waals surface area contributed by atoms with Crippen molar-refractivity contribution in [3.05, 3.63) is 47.9 Å². The molecule has 2 aliphatic rings. The van der Waals surface area contributed by atoms with Crippen LogP contribution in [0.15, 0.2) is 50.7 Å². The third kappa shape index (κ3) is 5.79. The normalized spacial score (nSPS) is 17.0. The Morgan fingerprint density at radius 3 is 2.58 bits per heavy atom. The van der Waals surface area contributed by atoms with E-state index in [0.29, 0.717) is 62.2 Å². The lowest BCUT2D eigenvalue weighted by Gasteiger charge is -2.33. The first kappa shape index (κ1) is 23.0. The van der Waals surface area contributed by atoms with E-state index in [-0.39, 0.29) is 23.3 Å². The van der Waals surface area contributed by atoms with Crippen molar-refractivity contribution in [2.75, 3.05) is 44.6 Å². The molecule has 1 aromatic heterocycles. The van der Waals surface area contributed by atoms with Crippen LogP contribution < -0.4 is 10.0 Å². The second-order valence-corrected chi connectivity index (χ2v) is 9.77. The molecule has 2 aromatic rings. The van der Waals surface area contributed by atoms with Crippen molar-refractivity contribution in [1.82, 2.24) is 14.5 Å². The van der Waals surface area contributed by atoms with Crippen molar-refractivity contribution < 1.29 is 22.4 Å². The molecule has 0 aliphatic carbocycles. The number of nitrogens with zero attached hydrogens (tertiary/aromatic N) is 3. The van der Waals surface area contributed by atoms with Crippen molar-refractivity contribution >= 4 is 33.4 Å². The lowest BCUT2D eigenvalue weighted by molar-refractivity contribution is -0.117. The van der Waals surface area contributed by atoms with E-state index in [0.717, 1.165) is 6.42 Å². The number of aryl methyl sites for hydroxylation is 1. The number of aliphatic imine (C=N–C) groups is 1. The number of carbonyl (C=O) groups is 2. The Morgan fingerprint density at radius 1 is 1.12 bits per heavy atom. The standard InChI is InChI=1S/C22H27N5O5S/c1-16-7-8-19(32-16)22(29)27-12-10-26(11-13-27)15-21(28)24-17-4-2-5-18(14-17)33(30,31)25-20-6-3-9-23-20/h2,4-5,7-8,14H,3,6,9-13,15H2,1H3,(H,23,25)(H,24,28). The molecule has 0 atom stereocenters. The highest BCUT2D eigenvalue weighted by Gasteiger charge is 2.25. The van der Waals surface area contributed by atoms with Gasteiger partial charge < -0.3 is 14.6 Å². The molecule has 0 unspecified atom stereocenters. The third-order valence-electron chi connectivity index (χ3n) is 5.53. The molecule has 0 radical (unpaired) electrons.